The van der Waals surface area contributed by atoms with Crippen LogP contribution in [-0.2, 0) is 0 Å². The molecule has 7 heteroatoms. The number of likely N-dealkylation sites (N-methyl/N-ethyl adjacent to an activating group) is 1. The van der Waals surface area contributed by atoms with E-state index in [0.29, 0.717) is 5.88 Å². The summed E-state index contributed by atoms with van der Waals surface area (Å²) >= 11 is 0. The maximum absolute atomic E-state index is 6.01. The van der Waals surface area contributed by atoms with Gasteiger partial charge in [0.2, 0.25) is 5.88 Å². The highest BCUT2D eigenvalue weighted by Gasteiger charge is 2.16. The zero-order valence-corrected chi connectivity index (χ0v) is 17.0. The Morgan fingerprint density at radius 2 is 1.86 bits per heavy atom. The molecule has 28 heavy (non-hydrogen) atoms. The molecular weight excluding hydrogens is 352 g/mol. The molecule has 3 heterocycles. The normalized spacial score (nSPS) is 15.4. The minimum atomic E-state index is 0.0517. The third-order valence-electron chi connectivity index (χ3n) is 4.96. The molecule has 3 aromatic rings. The highest BCUT2D eigenvalue weighted by molar-refractivity contribution is 5.92. The summed E-state index contributed by atoms with van der Waals surface area (Å²) in [5.41, 5.74) is 2.24. The van der Waals surface area contributed by atoms with Gasteiger partial charge in [0.1, 0.15) is 5.82 Å². The largest absolute Gasteiger partial charge is 0.474 e. The van der Waals surface area contributed by atoms with E-state index in [-0.39, 0.29) is 6.10 Å². The van der Waals surface area contributed by atoms with E-state index in [1.54, 1.807) is 0 Å². The van der Waals surface area contributed by atoms with Gasteiger partial charge >= 0.3 is 0 Å². The first-order chi connectivity index (χ1) is 13.5. The van der Waals surface area contributed by atoms with E-state index < -0.39 is 0 Å². The summed E-state index contributed by atoms with van der Waals surface area (Å²) in [6, 6.07) is 10.5. The quantitative estimate of drug-likeness (QED) is 0.705. The lowest BCUT2D eigenvalue weighted by Crippen LogP contribution is -2.44. The Morgan fingerprint density at radius 3 is 2.54 bits per heavy atom. The number of nitrogens with zero attached hydrogens (tertiary/aromatic N) is 4. The highest BCUT2D eigenvalue weighted by atomic mass is 16.5. The molecule has 0 amide bonds. The van der Waals surface area contributed by atoms with Gasteiger partial charge in [0.15, 0.2) is 5.82 Å². The number of aromatic nitrogens is 3. The Bertz CT molecular complexity index is 959. The standard InChI is InChI=1S/C21H28N6O/c1-14(2)28-21-18-6-5-17(27-9-7-26(4)8-10-27)12-16(18)13-19(23-21)22-20-11-15(3)24-25-20/h5-6,11-14H,7-10H2,1-4H3,(H2,22,23,24,25). The lowest BCUT2D eigenvalue weighted by molar-refractivity contribution is 0.236. The van der Waals surface area contributed by atoms with Gasteiger partial charge < -0.3 is 19.9 Å². The van der Waals surface area contributed by atoms with Crippen LogP contribution in [0.3, 0.4) is 0 Å². The Hall–Kier alpha value is -2.80. The van der Waals surface area contributed by atoms with Gasteiger partial charge in [-0.15, -0.1) is 0 Å². The third-order valence-corrected chi connectivity index (χ3v) is 4.96. The number of nitrogens with one attached hydrogen (secondary N) is 2. The summed E-state index contributed by atoms with van der Waals surface area (Å²) in [4.78, 5) is 9.49. The molecule has 1 aliphatic heterocycles. The van der Waals surface area contributed by atoms with E-state index in [1.807, 2.05) is 26.8 Å². The van der Waals surface area contributed by atoms with E-state index in [1.165, 1.54) is 5.69 Å². The predicted octanol–water partition coefficient (Wildman–Crippen LogP) is 3.55. The van der Waals surface area contributed by atoms with Gasteiger partial charge in [0.25, 0.3) is 0 Å². The second-order valence-electron chi connectivity index (χ2n) is 7.74. The van der Waals surface area contributed by atoms with Crippen molar-refractivity contribution >= 4 is 28.1 Å². The number of hydrogen-bond donors (Lipinski definition) is 2. The predicted molar refractivity (Wildman–Crippen MR) is 114 cm³/mol. The number of fused-ring (bicyclic) bond motifs is 1. The molecule has 0 bridgehead atoms. The molecule has 0 saturated carbocycles. The van der Waals surface area contributed by atoms with Gasteiger partial charge in [-0.25, -0.2) is 0 Å². The highest BCUT2D eigenvalue weighted by Crippen LogP contribution is 2.32. The van der Waals surface area contributed by atoms with E-state index in [2.05, 4.69) is 56.6 Å². The average Bonchev–Trinajstić information content (AvgIpc) is 3.06. The molecule has 7 nitrogen and oxygen atoms in total. The fraction of sp³-hybridized carbons (Fsp3) is 0.429. The van der Waals surface area contributed by atoms with Crippen LogP contribution < -0.4 is 15.0 Å². The molecule has 0 radical (unpaired) electrons. The van der Waals surface area contributed by atoms with Crippen LogP contribution in [0.25, 0.3) is 10.8 Å². The van der Waals surface area contributed by atoms with Crippen LogP contribution in [0.1, 0.15) is 19.5 Å². The van der Waals surface area contributed by atoms with Crippen molar-refractivity contribution in [2.45, 2.75) is 26.9 Å². The summed E-state index contributed by atoms with van der Waals surface area (Å²) in [5, 5.41) is 12.6. The van der Waals surface area contributed by atoms with E-state index in [4.69, 9.17) is 9.72 Å². The van der Waals surface area contributed by atoms with Crippen molar-refractivity contribution in [2.75, 3.05) is 43.4 Å². The minimum Gasteiger partial charge on any atom is -0.474 e. The number of rotatable bonds is 5. The Labute approximate surface area is 165 Å². The van der Waals surface area contributed by atoms with Crippen molar-refractivity contribution in [3.05, 3.63) is 36.0 Å². The van der Waals surface area contributed by atoms with Crippen molar-refractivity contribution < 1.29 is 4.74 Å². The van der Waals surface area contributed by atoms with Crippen molar-refractivity contribution in [3.63, 3.8) is 0 Å². The van der Waals surface area contributed by atoms with Gasteiger partial charge in [-0.3, -0.25) is 5.10 Å². The SMILES string of the molecule is Cc1cc(Nc2cc3cc(N4CCN(C)CC4)ccc3c(OC(C)C)n2)n[nH]1. The second kappa shape index (κ2) is 7.67. The van der Waals surface area contributed by atoms with Crippen molar-refractivity contribution in [1.82, 2.24) is 20.1 Å². The maximum atomic E-state index is 6.01. The number of aryl methyl sites for hydroxylation is 1. The molecule has 0 spiro atoms. The molecule has 1 fully saturated rings. The van der Waals surface area contributed by atoms with Gasteiger partial charge in [0.05, 0.1) is 6.10 Å². The zero-order valence-electron chi connectivity index (χ0n) is 17.0. The maximum Gasteiger partial charge on any atom is 0.223 e. The number of benzene rings is 1. The number of hydrogen-bond acceptors (Lipinski definition) is 6. The fourth-order valence-electron chi connectivity index (χ4n) is 3.47. The molecule has 4 rings (SSSR count). The zero-order chi connectivity index (χ0) is 19.7. The van der Waals surface area contributed by atoms with Crippen LogP contribution in [0, 0.1) is 6.92 Å². The van der Waals surface area contributed by atoms with Crippen molar-refractivity contribution in [3.8, 4) is 5.88 Å². The van der Waals surface area contributed by atoms with E-state index >= 15 is 0 Å². The molecule has 2 aromatic heterocycles. The van der Waals surface area contributed by atoms with Crippen molar-refractivity contribution in [2.24, 2.45) is 0 Å². The lowest BCUT2D eigenvalue weighted by atomic mass is 10.1. The molecule has 1 saturated heterocycles. The first kappa shape index (κ1) is 18.6. The topological polar surface area (TPSA) is 69.3 Å². The number of aromatic amines is 1. The van der Waals surface area contributed by atoms with E-state index in [9.17, 15) is 0 Å². The number of ether oxygens (including phenoxy) is 1. The summed E-state index contributed by atoms with van der Waals surface area (Å²) < 4.78 is 6.01. The molecular formula is C21H28N6O. The van der Waals surface area contributed by atoms with E-state index in [0.717, 1.165) is 54.3 Å². The first-order valence-electron chi connectivity index (χ1n) is 9.82. The third kappa shape index (κ3) is 4.04. The van der Waals surface area contributed by atoms with Gasteiger partial charge in [-0.2, -0.15) is 10.1 Å². The lowest BCUT2D eigenvalue weighted by Gasteiger charge is -2.34. The average molecular weight is 380 g/mol. The number of piperazine rings is 1. The molecule has 0 atom stereocenters. The number of pyridine rings is 1. The van der Waals surface area contributed by atoms with Crippen LogP contribution in [0.2, 0.25) is 0 Å². The number of H-pyrrole nitrogens is 1. The summed E-state index contributed by atoms with van der Waals surface area (Å²) in [7, 11) is 2.17. The molecule has 1 aliphatic rings. The van der Waals surface area contributed by atoms with Crippen LogP contribution in [-0.4, -0.2) is 59.4 Å². The Morgan fingerprint density at radius 1 is 1.07 bits per heavy atom. The van der Waals surface area contributed by atoms with Crippen LogP contribution >= 0.6 is 0 Å². The molecule has 2 N–H and O–H groups in total. The summed E-state index contributed by atoms with van der Waals surface area (Å²) in [6.07, 6.45) is 0.0517. The monoisotopic (exact) mass is 380 g/mol. The van der Waals surface area contributed by atoms with Crippen LogP contribution in [0.5, 0.6) is 5.88 Å². The number of anilines is 3. The van der Waals surface area contributed by atoms with Gasteiger partial charge in [0, 0.05) is 49.0 Å². The summed E-state index contributed by atoms with van der Waals surface area (Å²) in [5.74, 6) is 2.12. The first-order valence-corrected chi connectivity index (χ1v) is 9.82. The second-order valence-corrected chi connectivity index (χ2v) is 7.74. The Balaban J connectivity index is 1.70. The molecule has 148 valence electrons. The van der Waals surface area contributed by atoms with Gasteiger partial charge in [-0.05, 0) is 57.5 Å². The molecule has 0 unspecified atom stereocenters. The smallest absolute Gasteiger partial charge is 0.223 e. The van der Waals surface area contributed by atoms with Gasteiger partial charge in [-0.1, -0.05) is 0 Å². The fourth-order valence-corrected chi connectivity index (χ4v) is 3.47. The Kier molecular flexibility index (Phi) is 5.09. The minimum absolute atomic E-state index is 0.0517. The molecule has 1 aromatic carbocycles. The molecule has 0 aliphatic carbocycles. The summed E-state index contributed by atoms with van der Waals surface area (Å²) in [6.45, 7) is 10.3. The van der Waals surface area contributed by atoms with Crippen molar-refractivity contribution in [1.29, 1.82) is 0 Å². The van der Waals surface area contributed by atoms with Crippen LogP contribution in [0.4, 0.5) is 17.3 Å². The van der Waals surface area contributed by atoms with Crippen LogP contribution in [0.15, 0.2) is 30.3 Å².